The van der Waals surface area contributed by atoms with E-state index in [2.05, 4.69) is 16.0 Å². The number of ether oxygens (including phenoxy) is 1. The number of benzene rings is 1. The first kappa shape index (κ1) is 13.6. The number of carbonyl (C=O) groups excluding carboxylic acids is 1. The Kier molecular flexibility index (Phi) is 3.25. The highest BCUT2D eigenvalue weighted by atomic mass is 16.5. The van der Waals surface area contributed by atoms with Gasteiger partial charge in [-0.05, 0) is 38.2 Å². The normalized spacial score (nSPS) is 23.2. The molecule has 2 fully saturated rings. The fraction of sp³-hybridized carbons (Fsp3) is 0.444. The third-order valence-electron chi connectivity index (χ3n) is 4.94. The van der Waals surface area contributed by atoms with Gasteiger partial charge in [0, 0.05) is 24.2 Å². The predicted molar refractivity (Wildman–Crippen MR) is 86.2 cm³/mol. The van der Waals surface area contributed by atoms with E-state index in [0.717, 1.165) is 29.1 Å². The molecule has 4 rings (SSSR count). The van der Waals surface area contributed by atoms with E-state index in [1.807, 2.05) is 25.1 Å². The summed E-state index contributed by atoms with van der Waals surface area (Å²) in [6, 6.07) is 8.62. The second kappa shape index (κ2) is 5.27. The minimum absolute atomic E-state index is 0.265. The maximum atomic E-state index is 12.4. The Morgan fingerprint density at radius 3 is 2.95 bits per heavy atom. The molecule has 1 aliphatic carbocycles. The molecule has 22 heavy (non-hydrogen) atoms. The third-order valence-corrected chi connectivity index (χ3v) is 4.94. The Morgan fingerprint density at radius 2 is 2.23 bits per heavy atom. The summed E-state index contributed by atoms with van der Waals surface area (Å²) in [6.07, 6.45) is 5.48. The summed E-state index contributed by atoms with van der Waals surface area (Å²) in [7, 11) is 0. The maximum absolute atomic E-state index is 12.4. The smallest absolute Gasteiger partial charge is 0.341 e. The quantitative estimate of drug-likeness (QED) is 0.814. The molecule has 1 saturated heterocycles. The number of hydrogen-bond acceptors (Lipinski definition) is 4. The first-order valence-electron chi connectivity index (χ1n) is 8.09. The molecule has 114 valence electrons. The molecule has 0 N–H and O–H groups in total. The van der Waals surface area contributed by atoms with Gasteiger partial charge in [0.15, 0.2) is 0 Å². The first-order chi connectivity index (χ1) is 10.8. The molecule has 1 aromatic carbocycles. The zero-order valence-corrected chi connectivity index (χ0v) is 12.8. The van der Waals surface area contributed by atoms with Crippen LogP contribution in [0.2, 0.25) is 0 Å². The molecule has 1 aromatic heterocycles. The molecule has 1 saturated carbocycles. The van der Waals surface area contributed by atoms with Crippen LogP contribution < -0.4 is 4.90 Å². The number of hydrogen-bond donors (Lipinski definition) is 0. The Bertz CT molecular complexity index is 728. The lowest BCUT2D eigenvalue weighted by atomic mass is 10.0. The number of piperidine rings is 1. The average molecular weight is 296 g/mol. The maximum Gasteiger partial charge on any atom is 0.341 e. The van der Waals surface area contributed by atoms with Crippen molar-refractivity contribution in [2.24, 2.45) is 5.92 Å². The highest BCUT2D eigenvalue weighted by molar-refractivity contribution is 6.05. The van der Waals surface area contributed by atoms with Crippen molar-refractivity contribution in [3.8, 4) is 0 Å². The van der Waals surface area contributed by atoms with Crippen molar-refractivity contribution in [3.63, 3.8) is 0 Å². The summed E-state index contributed by atoms with van der Waals surface area (Å²) in [4.78, 5) is 19.3. The van der Waals surface area contributed by atoms with Gasteiger partial charge >= 0.3 is 5.97 Å². The lowest BCUT2D eigenvalue weighted by Gasteiger charge is -2.31. The summed E-state index contributed by atoms with van der Waals surface area (Å²) in [5, 5.41) is 1.06. The lowest BCUT2D eigenvalue weighted by Crippen LogP contribution is -2.33. The Labute approximate surface area is 130 Å². The molecule has 4 nitrogen and oxygen atoms in total. The van der Waals surface area contributed by atoms with Crippen LogP contribution in [0.4, 0.5) is 5.69 Å². The molecule has 2 unspecified atom stereocenters. The number of para-hydroxylation sites is 1. The SMILES string of the molecule is CCOC(=O)c1cnc2ccccc2c1N1CC2CCC1C2. The van der Waals surface area contributed by atoms with E-state index in [1.54, 1.807) is 6.20 Å². The van der Waals surface area contributed by atoms with Crippen LogP contribution in [0.15, 0.2) is 30.5 Å². The van der Waals surface area contributed by atoms with E-state index in [0.29, 0.717) is 18.2 Å². The van der Waals surface area contributed by atoms with Crippen molar-refractivity contribution in [3.05, 3.63) is 36.0 Å². The van der Waals surface area contributed by atoms with Crippen LogP contribution in [0.1, 0.15) is 36.5 Å². The second-order valence-corrected chi connectivity index (χ2v) is 6.24. The van der Waals surface area contributed by atoms with Gasteiger partial charge in [0.25, 0.3) is 0 Å². The first-order valence-corrected chi connectivity index (χ1v) is 8.09. The fourth-order valence-corrected chi connectivity index (χ4v) is 3.99. The fourth-order valence-electron chi connectivity index (χ4n) is 3.99. The number of nitrogens with zero attached hydrogens (tertiary/aromatic N) is 2. The average Bonchev–Trinajstić information content (AvgIpc) is 3.17. The highest BCUT2D eigenvalue weighted by Crippen LogP contribution is 2.43. The van der Waals surface area contributed by atoms with Gasteiger partial charge in [-0.15, -0.1) is 0 Å². The van der Waals surface area contributed by atoms with E-state index >= 15 is 0 Å². The number of anilines is 1. The lowest BCUT2D eigenvalue weighted by molar-refractivity contribution is 0.0526. The highest BCUT2D eigenvalue weighted by Gasteiger charge is 2.39. The monoisotopic (exact) mass is 296 g/mol. The van der Waals surface area contributed by atoms with E-state index < -0.39 is 0 Å². The van der Waals surface area contributed by atoms with Gasteiger partial charge in [-0.2, -0.15) is 0 Å². The van der Waals surface area contributed by atoms with Crippen molar-refractivity contribution in [2.45, 2.75) is 32.2 Å². The molecule has 0 spiro atoms. The van der Waals surface area contributed by atoms with Crippen LogP contribution in [-0.2, 0) is 4.74 Å². The third kappa shape index (κ3) is 2.05. The molecule has 1 aliphatic heterocycles. The number of aromatic nitrogens is 1. The molecule has 2 aliphatic rings. The summed E-state index contributed by atoms with van der Waals surface area (Å²) < 4.78 is 5.25. The Hall–Kier alpha value is -2.10. The van der Waals surface area contributed by atoms with Gasteiger partial charge in [-0.1, -0.05) is 18.2 Å². The van der Waals surface area contributed by atoms with Gasteiger partial charge in [-0.3, -0.25) is 4.98 Å². The molecule has 2 bridgehead atoms. The zero-order chi connectivity index (χ0) is 15.1. The topological polar surface area (TPSA) is 42.4 Å². The van der Waals surface area contributed by atoms with E-state index in [9.17, 15) is 4.79 Å². The van der Waals surface area contributed by atoms with Crippen LogP contribution in [0, 0.1) is 5.92 Å². The molecule has 0 radical (unpaired) electrons. The standard InChI is InChI=1S/C18H20N2O2/c1-2-22-18(21)15-10-19-16-6-4-3-5-14(16)17(15)20-11-12-7-8-13(20)9-12/h3-6,10,12-13H,2,7-9,11H2,1H3. The summed E-state index contributed by atoms with van der Waals surface area (Å²) in [6.45, 7) is 3.27. The molecular weight excluding hydrogens is 276 g/mol. The van der Waals surface area contributed by atoms with Crippen molar-refractivity contribution < 1.29 is 9.53 Å². The largest absolute Gasteiger partial charge is 0.462 e. The summed E-state index contributed by atoms with van der Waals surface area (Å²) in [5.74, 6) is 0.505. The van der Waals surface area contributed by atoms with Gasteiger partial charge in [0.2, 0.25) is 0 Å². The van der Waals surface area contributed by atoms with Crippen LogP contribution in [0.25, 0.3) is 10.9 Å². The molecule has 0 amide bonds. The van der Waals surface area contributed by atoms with Gasteiger partial charge in [-0.25, -0.2) is 4.79 Å². The van der Waals surface area contributed by atoms with Gasteiger partial charge in [0.1, 0.15) is 5.56 Å². The molecule has 2 heterocycles. The second-order valence-electron chi connectivity index (χ2n) is 6.24. The molecule has 2 aromatic rings. The number of esters is 1. The van der Waals surface area contributed by atoms with Crippen LogP contribution >= 0.6 is 0 Å². The molecule has 4 heteroatoms. The van der Waals surface area contributed by atoms with Gasteiger partial charge < -0.3 is 9.64 Å². The van der Waals surface area contributed by atoms with Gasteiger partial charge in [0.05, 0.1) is 17.8 Å². The van der Waals surface area contributed by atoms with Crippen molar-refractivity contribution in [2.75, 3.05) is 18.1 Å². The van der Waals surface area contributed by atoms with E-state index in [4.69, 9.17) is 4.74 Å². The predicted octanol–water partition coefficient (Wildman–Crippen LogP) is 3.40. The van der Waals surface area contributed by atoms with Crippen LogP contribution in [-0.4, -0.2) is 30.1 Å². The minimum atomic E-state index is -0.265. The number of rotatable bonds is 3. The number of carbonyl (C=O) groups is 1. The minimum Gasteiger partial charge on any atom is -0.462 e. The van der Waals surface area contributed by atoms with Crippen LogP contribution in [0.5, 0.6) is 0 Å². The number of fused-ring (bicyclic) bond motifs is 3. The summed E-state index contributed by atoms with van der Waals surface area (Å²) in [5.41, 5.74) is 2.57. The summed E-state index contributed by atoms with van der Waals surface area (Å²) >= 11 is 0. The Balaban J connectivity index is 1.88. The van der Waals surface area contributed by atoms with E-state index in [1.165, 1.54) is 19.3 Å². The molecule has 2 atom stereocenters. The van der Waals surface area contributed by atoms with Crippen molar-refractivity contribution in [1.82, 2.24) is 4.98 Å². The molecular formula is C18H20N2O2. The Morgan fingerprint density at radius 1 is 1.36 bits per heavy atom. The zero-order valence-electron chi connectivity index (χ0n) is 12.8. The van der Waals surface area contributed by atoms with Crippen molar-refractivity contribution in [1.29, 1.82) is 0 Å². The van der Waals surface area contributed by atoms with Crippen molar-refractivity contribution >= 4 is 22.6 Å². The van der Waals surface area contributed by atoms with Crippen LogP contribution in [0.3, 0.4) is 0 Å². The number of pyridine rings is 1. The van der Waals surface area contributed by atoms with E-state index in [-0.39, 0.29) is 5.97 Å².